The zero-order valence-corrected chi connectivity index (χ0v) is 12.9. The zero-order valence-electron chi connectivity index (χ0n) is 12.1. The number of rotatable bonds is 4. The van der Waals surface area contributed by atoms with Crippen LogP contribution in [0.15, 0.2) is 47.4 Å². The number of halogens is 1. The van der Waals surface area contributed by atoms with E-state index in [1.54, 1.807) is 19.1 Å². The summed E-state index contributed by atoms with van der Waals surface area (Å²) in [4.78, 5) is 1.56. The van der Waals surface area contributed by atoms with Gasteiger partial charge in [0.15, 0.2) is 0 Å². The number of anilines is 2. The summed E-state index contributed by atoms with van der Waals surface area (Å²) in [5.41, 5.74) is 2.16. The van der Waals surface area contributed by atoms with Gasteiger partial charge in [-0.25, -0.2) is 12.8 Å². The summed E-state index contributed by atoms with van der Waals surface area (Å²) in [5.74, 6) is -0.771. The number of aryl methyl sites for hydroxylation is 1. The fourth-order valence-corrected chi connectivity index (χ4v) is 3.11. The molecule has 0 aliphatic rings. The van der Waals surface area contributed by atoms with Crippen molar-refractivity contribution in [3.63, 3.8) is 0 Å². The van der Waals surface area contributed by atoms with E-state index in [0.29, 0.717) is 5.69 Å². The van der Waals surface area contributed by atoms with Crippen LogP contribution in [0.4, 0.5) is 15.8 Å². The number of nitrogens with one attached hydrogen (secondary N) is 1. The van der Waals surface area contributed by atoms with Gasteiger partial charge >= 0.3 is 0 Å². The lowest BCUT2D eigenvalue weighted by molar-refractivity contribution is 0.570. The standard InChI is InChI=1S/C15H17FN2O2S/c1-11-10-12(18(2)3)8-9-14(11)17-21(19,20)15-7-5-4-6-13(15)16/h4-10,17H,1-3H3. The van der Waals surface area contributed by atoms with E-state index in [9.17, 15) is 12.8 Å². The van der Waals surface area contributed by atoms with Crippen LogP contribution in [0.2, 0.25) is 0 Å². The number of hydrogen-bond donors (Lipinski definition) is 1. The van der Waals surface area contributed by atoms with E-state index in [-0.39, 0.29) is 4.90 Å². The molecule has 0 spiro atoms. The summed E-state index contributed by atoms with van der Waals surface area (Å²) in [6, 6.07) is 10.6. The molecule has 0 radical (unpaired) electrons. The minimum Gasteiger partial charge on any atom is -0.378 e. The van der Waals surface area contributed by atoms with Crippen molar-refractivity contribution in [1.29, 1.82) is 0 Å². The molecule has 0 aromatic heterocycles. The fraction of sp³-hybridized carbons (Fsp3) is 0.200. The highest BCUT2D eigenvalue weighted by atomic mass is 32.2. The number of nitrogens with zero attached hydrogens (tertiary/aromatic N) is 1. The van der Waals surface area contributed by atoms with E-state index in [4.69, 9.17) is 0 Å². The Labute approximate surface area is 124 Å². The van der Waals surface area contributed by atoms with Crippen molar-refractivity contribution >= 4 is 21.4 Å². The Morgan fingerprint density at radius 2 is 1.76 bits per heavy atom. The molecule has 0 fully saturated rings. The van der Waals surface area contributed by atoms with Crippen LogP contribution in [0.3, 0.4) is 0 Å². The molecule has 0 amide bonds. The Kier molecular flexibility index (Phi) is 4.18. The van der Waals surface area contributed by atoms with Gasteiger partial charge in [-0.15, -0.1) is 0 Å². The van der Waals surface area contributed by atoms with Gasteiger partial charge in [0.05, 0.1) is 5.69 Å². The van der Waals surface area contributed by atoms with Crippen LogP contribution in [-0.2, 0) is 10.0 Å². The number of benzene rings is 2. The van der Waals surface area contributed by atoms with Gasteiger partial charge in [0, 0.05) is 19.8 Å². The fourth-order valence-electron chi connectivity index (χ4n) is 1.90. The third-order valence-electron chi connectivity index (χ3n) is 3.10. The summed E-state index contributed by atoms with van der Waals surface area (Å²) in [6.45, 7) is 1.80. The summed E-state index contributed by atoms with van der Waals surface area (Å²) < 4.78 is 40.5. The Morgan fingerprint density at radius 3 is 2.33 bits per heavy atom. The largest absolute Gasteiger partial charge is 0.378 e. The first-order chi connectivity index (χ1) is 9.81. The second-order valence-corrected chi connectivity index (χ2v) is 6.58. The van der Waals surface area contributed by atoms with Crippen molar-refractivity contribution < 1.29 is 12.8 Å². The predicted octanol–water partition coefficient (Wildman–Crippen LogP) is 3.00. The molecule has 0 heterocycles. The summed E-state index contributed by atoms with van der Waals surface area (Å²) in [5, 5.41) is 0. The van der Waals surface area contributed by atoms with Crippen LogP contribution in [0.1, 0.15) is 5.56 Å². The van der Waals surface area contributed by atoms with E-state index < -0.39 is 15.8 Å². The van der Waals surface area contributed by atoms with Gasteiger partial charge in [0.2, 0.25) is 0 Å². The van der Waals surface area contributed by atoms with Crippen molar-refractivity contribution in [2.75, 3.05) is 23.7 Å². The molecule has 0 aliphatic heterocycles. The van der Waals surface area contributed by atoms with Crippen molar-refractivity contribution in [3.05, 3.63) is 53.8 Å². The first kappa shape index (κ1) is 15.3. The molecule has 2 aromatic carbocycles. The Bertz CT molecular complexity index is 758. The molecule has 0 bridgehead atoms. The quantitative estimate of drug-likeness (QED) is 0.944. The highest BCUT2D eigenvalue weighted by Crippen LogP contribution is 2.24. The van der Waals surface area contributed by atoms with Crippen LogP contribution in [0.25, 0.3) is 0 Å². The maximum absolute atomic E-state index is 13.6. The molecule has 2 aromatic rings. The van der Waals surface area contributed by atoms with Gasteiger partial charge in [0.25, 0.3) is 10.0 Å². The molecule has 0 atom stereocenters. The maximum Gasteiger partial charge on any atom is 0.264 e. The second-order valence-electron chi connectivity index (χ2n) is 4.93. The van der Waals surface area contributed by atoms with Crippen molar-refractivity contribution in [3.8, 4) is 0 Å². The Hall–Kier alpha value is -2.08. The van der Waals surface area contributed by atoms with Crippen molar-refractivity contribution in [2.45, 2.75) is 11.8 Å². The van der Waals surface area contributed by atoms with E-state index in [2.05, 4.69) is 4.72 Å². The van der Waals surface area contributed by atoms with Gasteiger partial charge in [-0.05, 0) is 42.8 Å². The summed E-state index contributed by atoms with van der Waals surface area (Å²) >= 11 is 0. The van der Waals surface area contributed by atoms with Crippen molar-refractivity contribution in [1.82, 2.24) is 0 Å². The van der Waals surface area contributed by atoms with E-state index >= 15 is 0 Å². The van der Waals surface area contributed by atoms with Crippen LogP contribution in [0.5, 0.6) is 0 Å². The molecule has 4 nitrogen and oxygen atoms in total. The van der Waals surface area contributed by atoms with Gasteiger partial charge < -0.3 is 4.90 Å². The molecule has 21 heavy (non-hydrogen) atoms. The molecule has 112 valence electrons. The van der Waals surface area contributed by atoms with Crippen LogP contribution in [0, 0.1) is 12.7 Å². The smallest absolute Gasteiger partial charge is 0.264 e. The van der Waals surface area contributed by atoms with Crippen molar-refractivity contribution in [2.24, 2.45) is 0 Å². The summed E-state index contributed by atoms with van der Waals surface area (Å²) in [7, 11) is -0.137. The number of sulfonamides is 1. The van der Waals surface area contributed by atoms with Gasteiger partial charge in [0.1, 0.15) is 10.7 Å². The molecule has 6 heteroatoms. The third kappa shape index (κ3) is 3.33. The van der Waals surface area contributed by atoms with Gasteiger partial charge in [-0.1, -0.05) is 12.1 Å². The van der Waals surface area contributed by atoms with Gasteiger partial charge in [-0.2, -0.15) is 0 Å². The lowest BCUT2D eigenvalue weighted by Gasteiger charge is -2.16. The monoisotopic (exact) mass is 308 g/mol. The highest BCUT2D eigenvalue weighted by molar-refractivity contribution is 7.92. The third-order valence-corrected chi connectivity index (χ3v) is 4.50. The average molecular weight is 308 g/mol. The van der Waals surface area contributed by atoms with E-state index in [1.807, 2.05) is 25.1 Å². The molecular weight excluding hydrogens is 291 g/mol. The minimum absolute atomic E-state index is 0.360. The molecular formula is C15H17FN2O2S. The SMILES string of the molecule is Cc1cc(N(C)C)ccc1NS(=O)(=O)c1ccccc1F. The maximum atomic E-state index is 13.6. The Balaban J connectivity index is 2.36. The molecule has 0 saturated heterocycles. The topological polar surface area (TPSA) is 49.4 Å². The molecule has 1 N–H and O–H groups in total. The summed E-state index contributed by atoms with van der Waals surface area (Å²) in [6.07, 6.45) is 0. The van der Waals surface area contributed by atoms with E-state index in [1.165, 1.54) is 18.2 Å². The lowest BCUT2D eigenvalue weighted by atomic mass is 10.2. The number of hydrogen-bond acceptors (Lipinski definition) is 3. The van der Waals surface area contributed by atoms with Crippen LogP contribution < -0.4 is 9.62 Å². The Morgan fingerprint density at radius 1 is 1.10 bits per heavy atom. The normalized spacial score (nSPS) is 11.2. The van der Waals surface area contributed by atoms with Gasteiger partial charge in [-0.3, -0.25) is 4.72 Å². The molecule has 0 unspecified atom stereocenters. The van der Waals surface area contributed by atoms with Crippen LogP contribution >= 0.6 is 0 Å². The second kappa shape index (κ2) is 5.73. The molecule has 0 aliphatic carbocycles. The molecule has 2 rings (SSSR count). The highest BCUT2D eigenvalue weighted by Gasteiger charge is 2.19. The molecule has 0 saturated carbocycles. The predicted molar refractivity (Wildman–Crippen MR) is 82.7 cm³/mol. The first-order valence-electron chi connectivity index (χ1n) is 6.36. The zero-order chi connectivity index (χ0) is 15.6. The lowest BCUT2D eigenvalue weighted by Crippen LogP contribution is -2.16. The first-order valence-corrected chi connectivity index (χ1v) is 7.85. The minimum atomic E-state index is -3.94. The average Bonchev–Trinajstić information content (AvgIpc) is 2.41. The van der Waals surface area contributed by atoms with E-state index in [0.717, 1.165) is 17.3 Å². The van der Waals surface area contributed by atoms with Crippen LogP contribution in [-0.4, -0.2) is 22.5 Å².